The van der Waals surface area contributed by atoms with Crippen LogP contribution in [0.25, 0.3) is 0 Å². The molecular formula is C19H22N4O5S. The Labute approximate surface area is 169 Å². The van der Waals surface area contributed by atoms with E-state index >= 15 is 0 Å². The van der Waals surface area contributed by atoms with Gasteiger partial charge in [-0.25, -0.2) is 18.0 Å². The second-order valence-corrected chi connectivity index (χ2v) is 8.35. The molecule has 154 valence electrons. The molecule has 1 atom stereocenters. The smallest absolute Gasteiger partial charge is 0.414 e. The lowest BCUT2D eigenvalue weighted by Crippen LogP contribution is -2.31. The number of urea groups is 1. The van der Waals surface area contributed by atoms with Crippen molar-refractivity contribution in [3.05, 3.63) is 54.1 Å². The largest absolute Gasteiger partial charge is 0.447 e. The van der Waals surface area contributed by atoms with Crippen molar-refractivity contribution >= 4 is 39.2 Å². The summed E-state index contributed by atoms with van der Waals surface area (Å²) in [6.45, 7) is 2.53. The molecule has 1 unspecified atom stereocenters. The van der Waals surface area contributed by atoms with Gasteiger partial charge in [0.25, 0.3) is 0 Å². The number of hydrogen-bond acceptors (Lipinski definition) is 5. The van der Waals surface area contributed by atoms with Gasteiger partial charge >= 0.3 is 12.1 Å². The Morgan fingerprint density at radius 1 is 1.17 bits per heavy atom. The van der Waals surface area contributed by atoms with Crippen molar-refractivity contribution in [1.29, 1.82) is 0 Å². The Bertz CT molecular complexity index is 1020. The predicted molar refractivity (Wildman–Crippen MR) is 111 cm³/mol. The lowest BCUT2D eigenvalue weighted by atomic mass is 10.1. The zero-order chi connectivity index (χ0) is 21.0. The molecule has 2 aromatic carbocycles. The molecule has 3 N–H and O–H groups in total. The summed E-state index contributed by atoms with van der Waals surface area (Å²) < 4.78 is 30.5. The van der Waals surface area contributed by atoms with E-state index in [4.69, 9.17) is 4.74 Å². The number of hydrogen-bond donors (Lipinski definition) is 3. The summed E-state index contributed by atoms with van der Waals surface area (Å²) in [6.07, 6.45) is 0.646. The van der Waals surface area contributed by atoms with E-state index in [0.29, 0.717) is 35.8 Å². The highest BCUT2D eigenvalue weighted by Gasteiger charge is 2.23. The monoisotopic (exact) mass is 418 g/mol. The number of carbonyl (C=O) groups excluding carboxylic acids is 2. The van der Waals surface area contributed by atoms with Gasteiger partial charge in [-0.15, -0.1) is 0 Å². The average Bonchev–Trinajstić information content (AvgIpc) is 3.07. The van der Waals surface area contributed by atoms with Crippen LogP contribution in [0.15, 0.2) is 48.5 Å². The first kappa shape index (κ1) is 20.5. The molecule has 3 rings (SSSR count). The number of nitrogens with zero attached hydrogens (tertiary/aromatic N) is 1. The fourth-order valence-corrected chi connectivity index (χ4v) is 3.57. The zero-order valence-electron chi connectivity index (χ0n) is 16.0. The van der Waals surface area contributed by atoms with Crippen molar-refractivity contribution in [2.24, 2.45) is 0 Å². The number of rotatable bonds is 6. The molecule has 0 saturated carbocycles. The summed E-state index contributed by atoms with van der Waals surface area (Å²) in [4.78, 5) is 25.6. The standard InChI is InChI=1S/C19H22N4O5S/c1-13(16-8-3-4-9-17(16)22-29(2,26)27)20-18(24)21-14-6-5-7-15(12-14)23-10-11-28-19(23)25/h3-9,12-13,22H,10-11H2,1-2H3,(H2,20,21,24). The van der Waals surface area contributed by atoms with Crippen molar-refractivity contribution in [2.45, 2.75) is 13.0 Å². The molecule has 0 spiro atoms. The molecule has 1 aliphatic rings. The van der Waals surface area contributed by atoms with E-state index in [2.05, 4.69) is 15.4 Å². The molecule has 1 saturated heterocycles. The van der Waals surface area contributed by atoms with E-state index in [9.17, 15) is 18.0 Å². The van der Waals surface area contributed by atoms with E-state index in [-0.39, 0.29) is 0 Å². The van der Waals surface area contributed by atoms with Gasteiger partial charge in [0.2, 0.25) is 10.0 Å². The summed E-state index contributed by atoms with van der Waals surface area (Å²) in [6, 6.07) is 12.8. The number of ether oxygens (including phenoxy) is 1. The highest BCUT2D eigenvalue weighted by molar-refractivity contribution is 7.92. The third-order valence-electron chi connectivity index (χ3n) is 4.25. The first-order chi connectivity index (χ1) is 13.7. The summed E-state index contributed by atoms with van der Waals surface area (Å²) in [5, 5.41) is 5.50. The van der Waals surface area contributed by atoms with Gasteiger partial charge < -0.3 is 15.4 Å². The fourth-order valence-electron chi connectivity index (χ4n) is 2.99. The maximum absolute atomic E-state index is 12.4. The van der Waals surface area contributed by atoms with Crippen LogP contribution >= 0.6 is 0 Å². The van der Waals surface area contributed by atoms with Crippen LogP contribution in [0.2, 0.25) is 0 Å². The van der Waals surface area contributed by atoms with Crippen LogP contribution in [-0.2, 0) is 14.8 Å². The minimum atomic E-state index is -3.45. The zero-order valence-corrected chi connectivity index (χ0v) is 16.8. The molecule has 1 fully saturated rings. The first-order valence-corrected chi connectivity index (χ1v) is 10.8. The van der Waals surface area contributed by atoms with Crippen LogP contribution in [0.5, 0.6) is 0 Å². The van der Waals surface area contributed by atoms with Crippen LogP contribution in [0, 0.1) is 0 Å². The van der Waals surface area contributed by atoms with E-state index in [1.54, 1.807) is 55.5 Å². The third-order valence-corrected chi connectivity index (χ3v) is 4.84. The molecule has 3 amide bonds. The van der Waals surface area contributed by atoms with Gasteiger partial charge in [-0.05, 0) is 36.8 Å². The molecule has 29 heavy (non-hydrogen) atoms. The average molecular weight is 418 g/mol. The SMILES string of the molecule is CC(NC(=O)Nc1cccc(N2CCOC2=O)c1)c1ccccc1NS(C)(=O)=O. The number of para-hydroxylation sites is 1. The highest BCUT2D eigenvalue weighted by atomic mass is 32.2. The Kier molecular flexibility index (Phi) is 5.92. The summed E-state index contributed by atoms with van der Waals surface area (Å²) >= 11 is 0. The summed E-state index contributed by atoms with van der Waals surface area (Å²) in [7, 11) is -3.45. The number of amides is 3. The topological polar surface area (TPSA) is 117 Å². The maximum Gasteiger partial charge on any atom is 0.414 e. The Balaban J connectivity index is 1.68. The second-order valence-electron chi connectivity index (χ2n) is 6.60. The Morgan fingerprint density at radius 2 is 1.93 bits per heavy atom. The lowest BCUT2D eigenvalue weighted by molar-refractivity contribution is 0.181. The van der Waals surface area contributed by atoms with Crippen LogP contribution in [-0.4, -0.2) is 39.9 Å². The van der Waals surface area contributed by atoms with Crippen LogP contribution < -0.4 is 20.3 Å². The molecule has 10 heteroatoms. The van der Waals surface area contributed by atoms with Crippen molar-refractivity contribution in [3.63, 3.8) is 0 Å². The number of nitrogens with one attached hydrogen (secondary N) is 3. The van der Waals surface area contributed by atoms with Gasteiger partial charge in [0.15, 0.2) is 0 Å². The molecular weight excluding hydrogens is 396 g/mol. The third kappa shape index (κ3) is 5.38. The van der Waals surface area contributed by atoms with E-state index in [1.807, 2.05) is 0 Å². The number of cyclic esters (lactones) is 1. The van der Waals surface area contributed by atoms with Crippen molar-refractivity contribution in [3.8, 4) is 0 Å². The molecule has 0 radical (unpaired) electrons. The summed E-state index contributed by atoms with van der Waals surface area (Å²) in [5.74, 6) is 0. The number of sulfonamides is 1. The molecule has 0 bridgehead atoms. The second kappa shape index (κ2) is 8.39. The van der Waals surface area contributed by atoms with E-state index < -0.39 is 28.2 Å². The Morgan fingerprint density at radius 3 is 2.62 bits per heavy atom. The van der Waals surface area contributed by atoms with Crippen LogP contribution in [0.1, 0.15) is 18.5 Å². The van der Waals surface area contributed by atoms with Gasteiger partial charge in [0, 0.05) is 11.4 Å². The molecule has 2 aromatic rings. The molecule has 0 aromatic heterocycles. The summed E-state index contributed by atoms with van der Waals surface area (Å²) in [5.41, 5.74) is 2.16. The Hall–Kier alpha value is -3.27. The van der Waals surface area contributed by atoms with Gasteiger partial charge in [-0.1, -0.05) is 24.3 Å². The normalized spacial score (nSPS) is 14.8. The van der Waals surface area contributed by atoms with Gasteiger partial charge in [0.1, 0.15) is 6.61 Å². The predicted octanol–water partition coefficient (Wildman–Crippen LogP) is 2.90. The minimum Gasteiger partial charge on any atom is -0.447 e. The van der Waals surface area contributed by atoms with Crippen LogP contribution in [0.4, 0.5) is 26.7 Å². The number of anilines is 3. The van der Waals surface area contributed by atoms with Gasteiger partial charge in [-0.2, -0.15) is 0 Å². The minimum absolute atomic E-state index is 0.329. The molecule has 9 nitrogen and oxygen atoms in total. The fraction of sp³-hybridized carbons (Fsp3) is 0.263. The van der Waals surface area contributed by atoms with Crippen molar-refractivity contribution in [1.82, 2.24) is 5.32 Å². The van der Waals surface area contributed by atoms with Gasteiger partial charge in [0.05, 0.1) is 24.5 Å². The molecule has 1 aliphatic heterocycles. The van der Waals surface area contributed by atoms with Crippen LogP contribution in [0.3, 0.4) is 0 Å². The maximum atomic E-state index is 12.4. The highest BCUT2D eigenvalue weighted by Crippen LogP contribution is 2.25. The quantitative estimate of drug-likeness (QED) is 0.667. The molecule has 1 heterocycles. The van der Waals surface area contributed by atoms with E-state index in [1.165, 1.54) is 4.90 Å². The number of benzene rings is 2. The first-order valence-electron chi connectivity index (χ1n) is 8.91. The van der Waals surface area contributed by atoms with Crippen molar-refractivity contribution in [2.75, 3.05) is 34.3 Å². The number of carbonyl (C=O) groups is 2. The molecule has 0 aliphatic carbocycles. The van der Waals surface area contributed by atoms with E-state index in [0.717, 1.165) is 6.26 Å². The van der Waals surface area contributed by atoms with Crippen molar-refractivity contribution < 1.29 is 22.7 Å². The lowest BCUT2D eigenvalue weighted by Gasteiger charge is -2.19. The van der Waals surface area contributed by atoms with Gasteiger partial charge in [-0.3, -0.25) is 9.62 Å².